The molecule has 5 aliphatic rings. The lowest BCUT2D eigenvalue weighted by Gasteiger charge is -2.45. The Morgan fingerprint density at radius 1 is 1.17 bits per heavy atom. The SMILES string of the molecule is C=C(F)C(=O)N1CCN(C2=C(C#N)C(OC[C@@]34CCCN3C[C@H](F)C4)=NC3C=C(c4cccc5cccc(Cl)c45)C=CC23)C[C@@H]1CC#N. The normalized spacial score (nSPS) is 28.4. The third-order valence-electron chi connectivity index (χ3n) is 10.4. The Kier molecular flexibility index (Phi) is 8.57. The van der Waals surface area contributed by atoms with Gasteiger partial charge in [-0.15, -0.1) is 0 Å². The molecule has 2 unspecified atom stereocenters. The molecule has 1 amide bonds. The lowest BCUT2D eigenvalue weighted by molar-refractivity contribution is -0.133. The van der Waals surface area contributed by atoms with Crippen LogP contribution in [-0.4, -0.2) is 89.6 Å². The standard InChI is InChI=1S/C37H35ClF2N6O2/c1-23(39)36(47)46-16-15-44(21-27(46)11-13-41)34-29-10-9-25(28-7-2-5-24-6-3-8-31(38)33(24)28)17-32(29)43-35(30(34)19-42)48-22-37-12-4-14-45(37)20-26(40)18-37/h2-3,5-10,17,26-27,29,32H,1,4,11-12,14-16,18,20-22H2/t26-,27+,29?,32?,37+/m1/s1. The number of benzene rings is 2. The van der Waals surface area contributed by atoms with E-state index in [0.29, 0.717) is 30.2 Å². The fourth-order valence-electron chi connectivity index (χ4n) is 8.24. The van der Waals surface area contributed by atoms with E-state index in [0.717, 1.165) is 41.3 Å². The van der Waals surface area contributed by atoms with Crippen LogP contribution in [0, 0.1) is 28.6 Å². The third-order valence-corrected chi connectivity index (χ3v) is 10.7. The van der Waals surface area contributed by atoms with Crippen LogP contribution in [0.1, 0.15) is 31.2 Å². The van der Waals surface area contributed by atoms with Crippen molar-refractivity contribution in [1.29, 1.82) is 10.5 Å². The van der Waals surface area contributed by atoms with E-state index in [1.807, 2.05) is 53.5 Å². The molecule has 5 atom stereocenters. The van der Waals surface area contributed by atoms with E-state index in [1.54, 1.807) is 0 Å². The lowest BCUT2D eigenvalue weighted by Crippen LogP contribution is -2.56. The van der Waals surface area contributed by atoms with Gasteiger partial charge < -0.3 is 14.5 Å². The number of fused-ring (bicyclic) bond motifs is 3. The first-order valence-electron chi connectivity index (χ1n) is 16.3. The minimum atomic E-state index is -1.08. The van der Waals surface area contributed by atoms with Crippen LogP contribution >= 0.6 is 11.6 Å². The van der Waals surface area contributed by atoms with Crippen LogP contribution in [0.4, 0.5) is 8.78 Å². The van der Waals surface area contributed by atoms with Crippen molar-refractivity contribution in [1.82, 2.24) is 14.7 Å². The molecular weight excluding hydrogens is 634 g/mol. The van der Waals surface area contributed by atoms with E-state index in [4.69, 9.17) is 21.3 Å². The Balaban J connectivity index is 1.28. The molecule has 7 rings (SSSR count). The quantitative estimate of drug-likeness (QED) is 0.344. The number of hydrogen-bond acceptors (Lipinski definition) is 7. The number of rotatable bonds is 6. The lowest BCUT2D eigenvalue weighted by atomic mass is 9.82. The maximum Gasteiger partial charge on any atom is 0.282 e. The number of alkyl halides is 1. The number of dihydropyridines is 1. The average Bonchev–Trinajstić information content (AvgIpc) is 3.61. The molecule has 2 aromatic rings. The highest BCUT2D eigenvalue weighted by Gasteiger charge is 2.50. The van der Waals surface area contributed by atoms with Gasteiger partial charge in [-0.1, -0.05) is 66.7 Å². The highest BCUT2D eigenvalue weighted by Crippen LogP contribution is 2.43. The van der Waals surface area contributed by atoms with Gasteiger partial charge in [-0.2, -0.15) is 10.5 Å². The minimum Gasteiger partial charge on any atom is -0.475 e. The monoisotopic (exact) mass is 668 g/mol. The number of nitriles is 2. The number of aliphatic imine (C=N–C) groups is 1. The maximum absolute atomic E-state index is 14.6. The Morgan fingerprint density at radius 3 is 2.75 bits per heavy atom. The van der Waals surface area contributed by atoms with Crippen LogP contribution in [-0.2, 0) is 9.53 Å². The van der Waals surface area contributed by atoms with Crippen molar-refractivity contribution in [2.24, 2.45) is 10.9 Å². The smallest absolute Gasteiger partial charge is 0.282 e. The predicted molar refractivity (Wildman–Crippen MR) is 180 cm³/mol. The molecule has 0 saturated carbocycles. The van der Waals surface area contributed by atoms with Crippen molar-refractivity contribution in [3.8, 4) is 12.1 Å². The van der Waals surface area contributed by atoms with Gasteiger partial charge in [0.15, 0.2) is 5.83 Å². The molecule has 0 bridgehead atoms. The first-order chi connectivity index (χ1) is 23.2. The van der Waals surface area contributed by atoms with Gasteiger partial charge in [0.25, 0.3) is 5.91 Å². The number of piperazine rings is 1. The average molecular weight is 669 g/mol. The zero-order valence-electron chi connectivity index (χ0n) is 26.4. The Hall–Kier alpha value is -4.51. The Labute approximate surface area is 283 Å². The molecule has 3 saturated heterocycles. The summed E-state index contributed by atoms with van der Waals surface area (Å²) in [5.74, 6) is -2.05. The highest BCUT2D eigenvalue weighted by molar-refractivity contribution is 6.36. The molecule has 8 nitrogen and oxygen atoms in total. The zero-order valence-corrected chi connectivity index (χ0v) is 27.2. The van der Waals surface area contributed by atoms with Gasteiger partial charge in [-0.25, -0.2) is 13.8 Å². The highest BCUT2D eigenvalue weighted by atomic mass is 35.5. The molecule has 0 aromatic heterocycles. The Bertz CT molecular complexity index is 1890. The van der Waals surface area contributed by atoms with Crippen LogP contribution < -0.4 is 0 Å². The largest absolute Gasteiger partial charge is 0.475 e. The summed E-state index contributed by atoms with van der Waals surface area (Å²) in [4.78, 5) is 23.2. The summed E-state index contributed by atoms with van der Waals surface area (Å²) < 4.78 is 35.0. The molecule has 11 heteroatoms. The fourth-order valence-corrected chi connectivity index (χ4v) is 8.52. The van der Waals surface area contributed by atoms with Crippen LogP contribution in [0.5, 0.6) is 0 Å². The van der Waals surface area contributed by atoms with Crippen LogP contribution in [0.15, 0.2) is 83.3 Å². The predicted octanol–water partition coefficient (Wildman–Crippen LogP) is 6.12. The third kappa shape index (κ3) is 5.57. The molecule has 3 fully saturated rings. The summed E-state index contributed by atoms with van der Waals surface area (Å²) in [6, 6.07) is 15.2. The van der Waals surface area contributed by atoms with E-state index >= 15 is 0 Å². The van der Waals surface area contributed by atoms with Crippen LogP contribution in [0.25, 0.3) is 16.3 Å². The molecule has 48 heavy (non-hydrogen) atoms. The molecule has 4 aliphatic heterocycles. The van der Waals surface area contributed by atoms with Crippen molar-refractivity contribution in [3.05, 3.63) is 88.9 Å². The molecule has 1 aliphatic carbocycles. The molecule has 0 spiro atoms. The molecule has 2 aromatic carbocycles. The van der Waals surface area contributed by atoms with Crippen molar-refractivity contribution < 1.29 is 18.3 Å². The van der Waals surface area contributed by atoms with Crippen LogP contribution in [0.2, 0.25) is 5.02 Å². The number of halogens is 3. The topological polar surface area (TPSA) is 96.0 Å². The molecule has 0 radical (unpaired) electrons. The van der Waals surface area contributed by atoms with E-state index in [9.17, 15) is 24.1 Å². The number of hydrogen-bond donors (Lipinski definition) is 0. The molecule has 0 N–H and O–H groups in total. The van der Waals surface area contributed by atoms with E-state index in [2.05, 4.69) is 29.7 Å². The second-order valence-corrected chi connectivity index (χ2v) is 13.6. The van der Waals surface area contributed by atoms with Gasteiger partial charge in [0, 0.05) is 54.6 Å². The Morgan fingerprint density at radius 2 is 1.98 bits per heavy atom. The molecule has 246 valence electrons. The summed E-state index contributed by atoms with van der Waals surface area (Å²) >= 11 is 6.70. The van der Waals surface area contributed by atoms with Gasteiger partial charge in [0.05, 0.1) is 30.1 Å². The summed E-state index contributed by atoms with van der Waals surface area (Å²) in [7, 11) is 0. The first-order valence-corrected chi connectivity index (χ1v) is 16.7. The minimum absolute atomic E-state index is 0.0132. The van der Waals surface area contributed by atoms with Crippen molar-refractivity contribution in [3.63, 3.8) is 0 Å². The summed E-state index contributed by atoms with van der Waals surface area (Å²) in [5, 5.41) is 22.8. The fraction of sp³-hybridized carbons (Fsp3) is 0.405. The molecule has 4 heterocycles. The number of carbonyl (C=O) groups excluding carboxylic acids is 1. The van der Waals surface area contributed by atoms with Crippen LogP contribution in [0.3, 0.4) is 0 Å². The van der Waals surface area contributed by atoms with E-state index in [1.165, 1.54) is 4.90 Å². The van der Waals surface area contributed by atoms with E-state index in [-0.39, 0.29) is 43.5 Å². The zero-order chi connectivity index (χ0) is 33.6. The van der Waals surface area contributed by atoms with Gasteiger partial charge >= 0.3 is 0 Å². The van der Waals surface area contributed by atoms with Crippen molar-refractivity contribution in [2.75, 3.05) is 39.3 Å². The summed E-state index contributed by atoms with van der Waals surface area (Å²) in [5.41, 5.74) is 2.39. The van der Waals surface area contributed by atoms with Gasteiger partial charge in [0.1, 0.15) is 24.4 Å². The summed E-state index contributed by atoms with van der Waals surface area (Å²) in [6.07, 6.45) is 7.32. The number of allylic oxidation sites excluding steroid dienone is 2. The van der Waals surface area contributed by atoms with E-state index < -0.39 is 35.5 Å². The first kappa shape index (κ1) is 32.1. The number of nitrogens with zero attached hydrogens (tertiary/aromatic N) is 6. The van der Waals surface area contributed by atoms with Gasteiger partial charge in [-0.05, 0) is 42.0 Å². The number of ether oxygens (including phenoxy) is 1. The molecular formula is C37H35ClF2N6O2. The van der Waals surface area contributed by atoms with Crippen molar-refractivity contribution >= 4 is 39.8 Å². The van der Waals surface area contributed by atoms with Gasteiger partial charge in [-0.3, -0.25) is 9.69 Å². The van der Waals surface area contributed by atoms with Crippen molar-refractivity contribution in [2.45, 2.75) is 49.5 Å². The number of carbonyl (C=O) groups is 1. The maximum atomic E-state index is 14.6. The summed E-state index contributed by atoms with van der Waals surface area (Å²) in [6.45, 7) is 5.25. The van der Waals surface area contributed by atoms with Gasteiger partial charge in [0.2, 0.25) is 5.90 Å². The second-order valence-electron chi connectivity index (χ2n) is 13.2. The second kappa shape index (κ2) is 12.8. The number of amides is 1.